The van der Waals surface area contributed by atoms with Crippen LogP contribution in [0.4, 0.5) is 5.69 Å². The van der Waals surface area contributed by atoms with E-state index in [0.717, 1.165) is 37.8 Å². The molecule has 0 heterocycles. The first-order chi connectivity index (χ1) is 9.02. The van der Waals surface area contributed by atoms with Crippen molar-refractivity contribution in [2.75, 3.05) is 5.32 Å². The lowest BCUT2D eigenvalue weighted by atomic mass is 9.88. The number of rotatable bonds is 3. The maximum absolute atomic E-state index is 11.9. The zero-order valence-electron chi connectivity index (χ0n) is 11.3. The Kier molecular flexibility index (Phi) is 4.35. The number of primary amides is 1. The van der Waals surface area contributed by atoms with E-state index < -0.39 is 5.54 Å². The number of nitrogens with two attached hydrogens (primary N) is 1. The van der Waals surface area contributed by atoms with Gasteiger partial charge >= 0.3 is 0 Å². The summed E-state index contributed by atoms with van der Waals surface area (Å²) in [4.78, 5) is 11.9. The van der Waals surface area contributed by atoms with Gasteiger partial charge in [0.25, 0.3) is 0 Å². The van der Waals surface area contributed by atoms with Crippen LogP contribution in [0.1, 0.15) is 39.0 Å². The largest absolute Gasteiger partial charge is 0.371 e. The van der Waals surface area contributed by atoms with Crippen molar-refractivity contribution in [1.82, 2.24) is 0 Å². The molecule has 2 unspecified atom stereocenters. The highest BCUT2D eigenvalue weighted by molar-refractivity contribution is 6.30. The predicted octanol–water partition coefficient (Wildman–Crippen LogP) is 3.58. The Morgan fingerprint density at radius 3 is 2.63 bits per heavy atom. The average molecular weight is 281 g/mol. The number of halogens is 1. The van der Waals surface area contributed by atoms with Gasteiger partial charge in [0.1, 0.15) is 5.54 Å². The molecule has 1 amide bonds. The number of anilines is 1. The second-order valence-electron chi connectivity index (χ2n) is 5.61. The standard InChI is InChI=1S/C15H21ClN2O/c1-11-3-2-9-15(10-8-11,14(17)19)18-13-6-4-12(16)5-7-13/h4-7,11,18H,2-3,8-10H2,1H3,(H2,17,19). The Hall–Kier alpha value is -1.22. The van der Waals surface area contributed by atoms with Gasteiger partial charge in [0, 0.05) is 10.7 Å². The lowest BCUT2D eigenvalue weighted by Crippen LogP contribution is -2.50. The number of benzene rings is 1. The summed E-state index contributed by atoms with van der Waals surface area (Å²) in [6.07, 6.45) is 4.83. The summed E-state index contributed by atoms with van der Waals surface area (Å²) in [5.74, 6) is 0.407. The first-order valence-corrected chi connectivity index (χ1v) is 7.23. The number of amides is 1. The van der Waals surface area contributed by atoms with E-state index in [1.807, 2.05) is 24.3 Å². The second-order valence-corrected chi connectivity index (χ2v) is 6.05. The molecule has 1 aromatic rings. The molecule has 0 spiro atoms. The average Bonchev–Trinajstić information content (AvgIpc) is 2.56. The van der Waals surface area contributed by atoms with Gasteiger partial charge in [0.2, 0.25) is 5.91 Å². The molecule has 0 radical (unpaired) electrons. The van der Waals surface area contributed by atoms with E-state index in [0.29, 0.717) is 10.9 Å². The van der Waals surface area contributed by atoms with Crippen molar-refractivity contribution in [1.29, 1.82) is 0 Å². The predicted molar refractivity (Wildman–Crippen MR) is 79.2 cm³/mol. The van der Waals surface area contributed by atoms with E-state index in [1.54, 1.807) is 0 Å². The third kappa shape index (κ3) is 3.41. The Balaban J connectivity index is 2.19. The number of carbonyl (C=O) groups is 1. The molecular weight excluding hydrogens is 260 g/mol. The summed E-state index contributed by atoms with van der Waals surface area (Å²) >= 11 is 5.88. The fourth-order valence-corrected chi connectivity index (χ4v) is 2.88. The van der Waals surface area contributed by atoms with Crippen molar-refractivity contribution in [2.45, 2.75) is 44.6 Å². The molecule has 0 saturated heterocycles. The second kappa shape index (κ2) is 5.83. The van der Waals surface area contributed by atoms with Crippen LogP contribution in [0.2, 0.25) is 5.02 Å². The highest BCUT2D eigenvalue weighted by Gasteiger charge is 2.37. The lowest BCUT2D eigenvalue weighted by Gasteiger charge is -2.31. The van der Waals surface area contributed by atoms with E-state index in [9.17, 15) is 4.79 Å². The molecule has 1 aliphatic carbocycles. The highest BCUT2D eigenvalue weighted by atomic mass is 35.5. The summed E-state index contributed by atoms with van der Waals surface area (Å²) in [5.41, 5.74) is 5.96. The molecule has 104 valence electrons. The van der Waals surface area contributed by atoms with Crippen LogP contribution in [0.25, 0.3) is 0 Å². The molecule has 4 heteroatoms. The monoisotopic (exact) mass is 280 g/mol. The van der Waals surface area contributed by atoms with Crippen LogP contribution in [-0.2, 0) is 4.79 Å². The van der Waals surface area contributed by atoms with Crippen LogP contribution in [0.5, 0.6) is 0 Å². The van der Waals surface area contributed by atoms with Crippen LogP contribution in [-0.4, -0.2) is 11.4 Å². The van der Waals surface area contributed by atoms with Gasteiger partial charge in [-0.1, -0.05) is 31.4 Å². The first kappa shape index (κ1) is 14.2. The van der Waals surface area contributed by atoms with Crippen LogP contribution < -0.4 is 11.1 Å². The normalized spacial score (nSPS) is 27.6. The molecule has 2 rings (SSSR count). The first-order valence-electron chi connectivity index (χ1n) is 6.85. The molecule has 19 heavy (non-hydrogen) atoms. The molecule has 2 atom stereocenters. The minimum Gasteiger partial charge on any atom is -0.371 e. The van der Waals surface area contributed by atoms with E-state index in [2.05, 4.69) is 12.2 Å². The van der Waals surface area contributed by atoms with Crippen LogP contribution in [0, 0.1) is 5.92 Å². The summed E-state index contributed by atoms with van der Waals surface area (Å²) < 4.78 is 0. The highest BCUT2D eigenvalue weighted by Crippen LogP contribution is 2.33. The maximum Gasteiger partial charge on any atom is 0.243 e. The van der Waals surface area contributed by atoms with Gasteiger partial charge in [0.05, 0.1) is 0 Å². The fourth-order valence-electron chi connectivity index (χ4n) is 2.76. The van der Waals surface area contributed by atoms with Gasteiger partial charge in [-0.15, -0.1) is 0 Å². The number of nitrogens with one attached hydrogen (secondary N) is 1. The Morgan fingerprint density at radius 2 is 2.00 bits per heavy atom. The van der Waals surface area contributed by atoms with Crippen molar-refractivity contribution < 1.29 is 4.79 Å². The topological polar surface area (TPSA) is 55.1 Å². The number of hydrogen-bond acceptors (Lipinski definition) is 2. The molecule has 1 fully saturated rings. The quantitative estimate of drug-likeness (QED) is 0.832. The zero-order chi connectivity index (χ0) is 13.9. The summed E-state index contributed by atoms with van der Waals surface area (Å²) in [6, 6.07) is 7.42. The minimum atomic E-state index is -0.613. The van der Waals surface area contributed by atoms with Crippen molar-refractivity contribution in [3.8, 4) is 0 Å². The Bertz CT molecular complexity index is 446. The van der Waals surface area contributed by atoms with Crippen molar-refractivity contribution in [2.24, 2.45) is 11.7 Å². The smallest absolute Gasteiger partial charge is 0.243 e. The van der Waals surface area contributed by atoms with Gasteiger partial charge in [-0.25, -0.2) is 0 Å². The lowest BCUT2D eigenvalue weighted by molar-refractivity contribution is -0.122. The number of hydrogen-bond donors (Lipinski definition) is 2. The van der Waals surface area contributed by atoms with Gasteiger partial charge in [-0.2, -0.15) is 0 Å². The fraction of sp³-hybridized carbons (Fsp3) is 0.533. The molecule has 1 saturated carbocycles. The molecule has 1 aliphatic rings. The summed E-state index contributed by atoms with van der Waals surface area (Å²) in [5, 5.41) is 4.04. The van der Waals surface area contributed by atoms with Crippen molar-refractivity contribution in [3.05, 3.63) is 29.3 Å². The molecular formula is C15H21ClN2O. The van der Waals surface area contributed by atoms with E-state index >= 15 is 0 Å². The molecule has 3 N–H and O–H groups in total. The van der Waals surface area contributed by atoms with Gasteiger partial charge in [-0.3, -0.25) is 4.79 Å². The van der Waals surface area contributed by atoms with Gasteiger partial charge in [-0.05, 0) is 49.4 Å². The summed E-state index contributed by atoms with van der Waals surface area (Å²) in [7, 11) is 0. The van der Waals surface area contributed by atoms with Crippen LogP contribution in [0.15, 0.2) is 24.3 Å². The molecule has 3 nitrogen and oxygen atoms in total. The molecule has 0 aliphatic heterocycles. The van der Waals surface area contributed by atoms with Crippen LogP contribution in [0.3, 0.4) is 0 Å². The van der Waals surface area contributed by atoms with Gasteiger partial charge in [0.15, 0.2) is 0 Å². The molecule has 0 aromatic heterocycles. The van der Waals surface area contributed by atoms with Crippen molar-refractivity contribution >= 4 is 23.2 Å². The zero-order valence-corrected chi connectivity index (χ0v) is 12.0. The Labute approximate surface area is 119 Å². The summed E-state index contributed by atoms with van der Waals surface area (Å²) in [6.45, 7) is 2.24. The maximum atomic E-state index is 11.9. The SMILES string of the molecule is CC1CCCC(Nc2ccc(Cl)cc2)(C(N)=O)CC1. The van der Waals surface area contributed by atoms with Crippen LogP contribution >= 0.6 is 11.6 Å². The van der Waals surface area contributed by atoms with E-state index in [4.69, 9.17) is 17.3 Å². The Morgan fingerprint density at radius 1 is 1.32 bits per heavy atom. The third-order valence-electron chi connectivity index (χ3n) is 4.06. The van der Waals surface area contributed by atoms with E-state index in [1.165, 1.54) is 0 Å². The van der Waals surface area contributed by atoms with Crippen molar-refractivity contribution in [3.63, 3.8) is 0 Å². The number of carbonyl (C=O) groups excluding carboxylic acids is 1. The minimum absolute atomic E-state index is 0.253. The molecule has 1 aromatic carbocycles. The van der Waals surface area contributed by atoms with E-state index in [-0.39, 0.29) is 5.91 Å². The molecule has 0 bridgehead atoms. The van der Waals surface area contributed by atoms with Gasteiger partial charge < -0.3 is 11.1 Å². The third-order valence-corrected chi connectivity index (χ3v) is 4.32.